The first kappa shape index (κ1) is 17.8. The second-order valence-electron chi connectivity index (χ2n) is 6.28. The number of aromatic amines is 1. The number of imidazole rings is 1. The third-order valence-electron chi connectivity index (χ3n) is 4.36. The van der Waals surface area contributed by atoms with E-state index in [1.807, 2.05) is 6.92 Å². The fraction of sp³-hybridized carbons (Fsp3) is 0.158. The lowest BCUT2D eigenvalue weighted by atomic mass is 10.1. The molecule has 1 unspecified atom stereocenters. The lowest BCUT2D eigenvalue weighted by Crippen LogP contribution is -2.13. The van der Waals surface area contributed by atoms with Gasteiger partial charge in [-0.25, -0.2) is 13.9 Å². The second kappa shape index (κ2) is 7.20. The summed E-state index contributed by atoms with van der Waals surface area (Å²) >= 11 is 0. The number of nitrogens with zero attached hydrogens (tertiary/aromatic N) is 4. The smallest absolute Gasteiger partial charge is 0.182 e. The quantitative estimate of drug-likeness (QED) is 0.490. The van der Waals surface area contributed by atoms with E-state index >= 15 is 0 Å². The predicted octanol–water partition coefficient (Wildman–Crippen LogP) is 2.28. The number of aliphatic hydroxyl groups excluding tert-OH is 1. The molecule has 4 rings (SSSR count). The molecule has 0 spiro atoms. The van der Waals surface area contributed by atoms with Gasteiger partial charge in [-0.1, -0.05) is 0 Å². The standard InChI is InChI=1S/C19H17FN6O2/c1-11(14-6-12(20)8-22-16(14)10-27)24-18-2-3-19-23-9-17(26(19)25-18)15-7-13(28)4-5-21-15/h2-9,11,27H,10H2,1H3,(H,21,28)(H,24,25). The van der Waals surface area contributed by atoms with Gasteiger partial charge in [0.15, 0.2) is 11.1 Å². The minimum Gasteiger partial charge on any atom is -0.390 e. The van der Waals surface area contributed by atoms with E-state index in [4.69, 9.17) is 0 Å². The molecule has 8 nitrogen and oxygen atoms in total. The van der Waals surface area contributed by atoms with E-state index in [1.165, 1.54) is 18.2 Å². The van der Waals surface area contributed by atoms with Gasteiger partial charge in [-0.05, 0) is 25.1 Å². The molecule has 0 bridgehead atoms. The maximum Gasteiger partial charge on any atom is 0.182 e. The predicted molar refractivity (Wildman–Crippen MR) is 101 cm³/mol. The van der Waals surface area contributed by atoms with Gasteiger partial charge in [-0.3, -0.25) is 9.78 Å². The zero-order chi connectivity index (χ0) is 19.7. The summed E-state index contributed by atoms with van der Waals surface area (Å²) in [7, 11) is 0. The molecule has 4 heterocycles. The monoisotopic (exact) mass is 380 g/mol. The van der Waals surface area contributed by atoms with E-state index in [-0.39, 0.29) is 18.1 Å². The van der Waals surface area contributed by atoms with Gasteiger partial charge in [0.2, 0.25) is 0 Å². The highest BCUT2D eigenvalue weighted by atomic mass is 19.1. The molecule has 142 valence electrons. The molecule has 28 heavy (non-hydrogen) atoms. The molecular formula is C19H17FN6O2. The Morgan fingerprint density at radius 1 is 1.25 bits per heavy atom. The van der Waals surface area contributed by atoms with Crippen molar-refractivity contribution in [1.82, 2.24) is 24.6 Å². The van der Waals surface area contributed by atoms with Crippen molar-refractivity contribution in [2.45, 2.75) is 19.6 Å². The van der Waals surface area contributed by atoms with Crippen molar-refractivity contribution in [3.63, 3.8) is 0 Å². The van der Waals surface area contributed by atoms with Gasteiger partial charge in [0.05, 0.1) is 36.4 Å². The molecule has 1 atom stereocenters. The third-order valence-corrected chi connectivity index (χ3v) is 4.36. The van der Waals surface area contributed by atoms with Crippen LogP contribution in [0.4, 0.5) is 10.2 Å². The number of hydrogen-bond donors (Lipinski definition) is 3. The van der Waals surface area contributed by atoms with Crippen LogP contribution in [0, 0.1) is 5.82 Å². The highest BCUT2D eigenvalue weighted by Gasteiger charge is 2.15. The summed E-state index contributed by atoms with van der Waals surface area (Å²) in [6, 6.07) is 7.43. The van der Waals surface area contributed by atoms with Gasteiger partial charge in [0.25, 0.3) is 0 Å². The summed E-state index contributed by atoms with van der Waals surface area (Å²) in [6.45, 7) is 1.53. The second-order valence-corrected chi connectivity index (χ2v) is 6.28. The van der Waals surface area contributed by atoms with Crippen LogP contribution in [0.5, 0.6) is 0 Å². The Hall–Kier alpha value is -3.59. The van der Waals surface area contributed by atoms with Crippen LogP contribution in [0.15, 0.2) is 53.7 Å². The Morgan fingerprint density at radius 3 is 2.89 bits per heavy atom. The highest BCUT2D eigenvalue weighted by molar-refractivity contribution is 5.60. The molecule has 0 aliphatic rings. The molecule has 0 aliphatic heterocycles. The number of rotatable bonds is 5. The van der Waals surface area contributed by atoms with Crippen molar-refractivity contribution in [3.05, 3.63) is 76.2 Å². The maximum atomic E-state index is 13.6. The molecule has 0 aliphatic carbocycles. The lowest BCUT2D eigenvalue weighted by Gasteiger charge is -2.17. The molecule has 9 heteroatoms. The van der Waals surface area contributed by atoms with Crippen LogP contribution < -0.4 is 10.7 Å². The SMILES string of the molecule is CC(Nc1ccc2ncc(-c3cc(=O)cc[nH]3)n2n1)c1cc(F)cnc1CO. The zero-order valence-electron chi connectivity index (χ0n) is 14.9. The van der Waals surface area contributed by atoms with Crippen LogP contribution in [0.2, 0.25) is 0 Å². The fourth-order valence-electron chi connectivity index (χ4n) is 3.02. The summed E-state index contributed by atoms with van der Waals surface area (Å²) < 4.78 is 15.2. The molecule has 4 aromatic heterocycles. The molecule has 3 N–H and O–H groups in total. The van der Waals surface area contributed by atoms with E-state index in [0.29, 0.717) is 34.1 Å². The number of aliphatic hydroxyl groups is 1. The normalized spacial score (nSPS) is 12.2. The van der Waals surface area contributed by atoms with E-state index in [0.717, 1.165) is 6.20 Å². The molecule has 0 amide bonds. The van der Waals surface area contributed by atoms with E-state index in [2.05, 4.69) is 25.4 Å². The fourth-order valence-corrected chi connectivity index (χ4v) is 3.02. The van der Waals surface area contributed by atoms with E-state index < -0.39 is 5.82 Å². The summed E-state index contributed by atoms with van der Waals surface area (Å²) in [6.07, 6.45) is 4.26. The van der Waals surface area contributed by atoms with Crippen LogP contribution in [0.3, 0.4) is 0 Å². The number of anilines is 1. The Bertz CT molecular complexity index is 1200. The maximum absolute atomic E-state index is 13.6. The van der Waals surface area contributed by atoms with Crippen molar-refractivity contribution >= 4 is 11.5 Å². The number of fused-ring (bicyclic) bond motifs is 1. The first-order valence-corrected chi connectivity index (χ1v) is 8.61. The van der Waals surface area contributed by atoms with Crippen LogP contribution in [0.25, 0.3) is 17.0 Å². The van der Waals surface area contributed by atoms with Crippen LogP contribution in [0.1, 0.15) is 24.2 Å². The largest absolute Gasteiger partial charge is 0.390 e. The lowest BCUT2D eigenvalue weighted by molar-refractivity contribution is 0.274. The van der Waals surface area contributed by atoms with Crippen molar-refractivity contribution in [3.8, 4) is 11.4 Å². The number of nitrogens with one attached hydrogen (secondary N) is 2. The third kappa shape index (κ3) is 3.35. The van der Waals surface area contributed by atoms with E-state index in [1.54, 1.807) is 29.0 Å². The molecule has 0 saturated heterocycles. The molecular weight excluding hydrogens is 363 g/mol. The topological polar surface area (TPSA) is 108 Å². The molecule has 0 radical (unpaired) electrons. The van der Waals surface area contributed by atoms with Crippen molar-refractivity contribution < 1.29 is 9.50 Å². The summed E-state index contributed by atoms with van der Waals surface area (Å²) in [5, 5.41) is 17.2. The first-order valence-electron chi connectivity index (χ1n) is 8.61. The Morgan fingerprint density at radius 2 is 2.11 bits per heavy atom. The van der Waals surface area contributed by atoms with E-state index in [9.17, 15) is 14.3 Å². The number of H-pyrrole nitrogens is 1. The average Bonchev–Trinajstić information content (AvgIpc) is 3.11. The Kier molecular flexibility index (Phi) is 4.58. The van der Waals surface area contributed by atoms with Gasteiger partial charge in [0, 0.05) is 23.9 Å². The summed E-state index contributed by atoms with van der Waals surface area (Å²) in [4.78, 5) is 22.9. The number of aromatic nitrogens is 5. The summed E-state index contributed by atoms with van der Waals surface area (Å²) in [5.41, 5.74) is 2.65. The number of pyridine rings is 2. The minimum atomic E-state index is -0.478. The molecule has 0 fully saturated rings. The van der Waals surface area contributed by atoms with Gasteiger partial charge in [0.1, 0.15) is 17.3 Å². The number of halogens is 1. The number of hydrogen-bond acceptors (Lipinski definition) is 6. The van der Waals surface area contributed by atoms with Crippen molar-refractivity contribution in [2.24, 2.45) is 0 Å². The Balaban J connectivity index is 1.69. The van der Waals surface area contributed by atoms with Crippen molar-refractivity contribution in [2.75, 3.05) is 5.32 Å². The van der Waals surface area contributed by atoms with Gasteiger partial charge in [-0.15, -0.1) is 5.10 Å². The van der Waals surface area contributed by atoms with Crippen LogP contribution >= 0.6 is 0 Å². The van der Waals surface area contributed by atoms with Gasteiger partial charge < -0.3 is 15.4 Å². The molecule has 4 aromatic rings. The first-order chi connectivity index (χ1) is 13.5. The van der Waals surface area contributed by atoms with Gasteiger partial charge in [-0.2, -0.15) is 0 Å². The molecule has 0 saturated carbocycles. The van der Waals surface area contributed by atoms with Gasteiger partial charge >= 0.3 is 0 Å². The summed E-state index contributed by atoms with van der Waals surface area (Å²) in [5.74, 6) is 0.0415. The highest BCUT2D eigenvalue weighted by Crippen LogP contribution is 2.23. The van der Waals surface area contributed by atoms with Crippen LogP contribution in [-0.2, 0) is 6.61 Å². The van der Waals surface area contributed by atoms with Crippen molar-refractivity contribution in [1.29, 1.82) is 0 Å². The Labute approximate surface area is 158 Å². The zero-order valence-corrected chi connectivity index (χ0v) is 14.9. The minimum absolute atomic E-state index is 0.123. The molecule has 0 aromatic carbocycles. The average molecular weight is 380 g/mol. The van der Waals surface area contributed by atoms with Crippen LogP contribution in [-0.4, -0.2) is 29.7 Å².